The Morgan fingerprint density at radius 1 is 1.31 bits per heavy atom. The Morgan fingerprint density at radius 2 is 2.15 bits per heavy atom. The second-order valence-corrected chi connectivity index (χ2v) is 8.95. The van der Waals surface area contributed by atoms with Gasteiger partial charge < -0.3 is 14.7 Å². The van der Waals surface area contributed by atoms with Gasteiger partial charge in [-0.05, 0) is 62.2 Å². The fraction of sp³-hybridized carbons (Fsp3) is 0.700. The minimum Gasteiger partial charge on any atom is -0.342 e. The van der Waals surface area contributed by atoms with Gasteiger partial charge in [0.25, 0.3) is 0 Å². The van der Waals surface area contributed by atoms with Crippen molar-refractivity contribution in [3.63, 3.8) is 0 Å². The number of aryl methyl sites for hydroxylation is 1. The Morgan fingerprint density at radius 3 is 2.88 bits per heavy atom. The molecule has 2 amide bonds. The van der Waals surface area contributed by atoms with E-state index in [1.54, 1.807) is 11.3 Å². The lowest BCUT2D eigenvalue weighted by atomic mass is 9.73. The van der Waals surface area contributed by atoms with Gasteiger partial charge in [-0.2, -0.15) is 11.3 Å². The van der Waals surface area contributed by atoms with Crippen molar-refractivity contribution in [2.24, 2.45) is 5.41 Å². The van der Waals surface area contributed by atoms with E-state index in [1.807, 2.05) is 19.0 Å². The van der Waals surface area contributed by atoms with E-state index in [-0.39, 0.29) is 17.2 Å². The van der Waals surface area contributed by atoms with E-state index in [2.05, 4.69) is 26.6 Å². The van der Waals surface area contributed by atoms with Crippen LogP contribution in [-0.4, -0.2) is 73.3 Å². The lowest BCUT2D eigenvalue weighted by molar-refractivity contribution is -0.143. The van der Waals surface area contributed by atoms with E-state index in [1.165, 1.54) is 5.56 Å². The van der Waals surface area contributed by atoms with Crippen molar-refractivity contribution in [1.82, 2.24) is 14.7 Å². The van der Waals surface area contributed by atoms with Crippen LogP contribution in [0.15, 0.2) is 16.8 Å². The number of likely N-dealkylation sites (N-methyl/N-ethyl adjacent to an activating group) is 1. The molecule has 2 saturated heterocycles. The van der Waals surface area contributed by atoms with E-state index in [9.17, 15) is 9.59 Å². The minimum atomic E-state index is 0.108. The van der Waals surface area contributed by atoms with Crippen LogP contribution in [-0.2, 0) is 16.0 Å². The van der Waals surface area contributed by atoms with Crippen LogP contribution in [0.5, 0.6) is 0 Å². The molecule has 0 bridgehead atoms. The first kappa shape index (κ1) is 19.4. The predicted molar refractivity (Wildman–Crippen MR) is 105 cm³/mol. The van der Waals surface area contributed by atoms with Gasteiger partial charge in [-0.25, -0.2) is 0 Å². The molecule has 0 saturated carbocycles. The smallest absolute Gasteiger partial charge is 0.222 e. The summed E-state index contributed by atoms with van der Waals surface area (Å²) in [6.45, 7) is 4.19. The van der Waals surface area contributed by atoms with Gasteiger partial charge in [0.2, 0.25) is 11.8 Å². The maximum absolute atomic E-state index is 12.7. The van der Waals surface area contributed by atoms with E-state index in [0.29, 0.717) is 12.8 Å². The van der Waals surface area contributed by atoms with Crippen molar-refractivity contribution in [3.05, 3.63) is 22.4 Å². The quantitative estimate of drug-likeness (QED) is 0.765. The zero-order valence-electron chi connectivity index (χ0n) is 16.1. The molecule has 1 spiro atoms. The number of amides is 2. The number of hydrogen-bond acceptors (Lipinski definition) is 4. The van der Waals surface area contributed by atoms with Gasteiger partial charge in [0.15, 0.2) is 0 Å². The fourth-order valence-electron chi connectivity index (χ4n) is 4.22. The highest BCUT2D eigenvalue weighted by Crippen LogP contribution is 2.39. The van der Waals surface area contributed by atoms with Gasteiger partial charge >= 0.3 is 0 Å². The Bertz CT molecular complexity index is 617. The van der Waals surface area contributed by atoms with Crippen LogP contribution in [0.4, 0.5) is 0 Å². The molecule has 0 radical (unpaired) electrons. The van der Waals surface area contributed by atoms with Gasteiger partial charge in [0.05, 0.1) is 0 Å². The number of carbonyl (C=O) groups excluding carboxylic acids is 2. The Balaban J connectivity index is 1.57. The van der Waals surface area contributed by atoms with Crippen LogP contribution >= 0.6 is 11.3 Å². The molecule has 2 aliphatic heterocycles. The second-order valence-electron chi connectivity index (χ2n) is 8.17. The van der Waals surface area contributed by atoms with Crippen LogP contribution in [0.2, 0.25) is 0 Å². The third kappa shape index (κ3) is 4.86. The first-order valence-corrected chi connectivity index (χ1v) is 10.6. The number of rotatable bonds is 6. The summed E-state index contributed by atoms with van der Waals surface area (Å²) in [4.78, 5) is 31.2. The molecule has 2 fully saturated rings. The molecule has 1 aromatic heterocycles. The summed E-state index contributed by atoms with van der Waals surface area (Å²) in [5, 5.41) is 4.19. The summed E-state index contributed by atoms with van der Waals surface area (Å²) in [6, 6.07) is 2.10. The summed E-state index contributed by atoms with van der Waals surface area (Å²) in [5.41, 5.74) is 1.37. The standard InChI is InChI=1S/C20H31N3O2S/c1-21(2)11-12-23-16-20(9-6-19(23)25)8-3-10-22(15-20)18(24)5-4-17-7-13-26-14-17/h7,13-14H,3-6,8-12,15-16H2,1-2H3/t20-/m1/s1. The number of hydrogen-bond donors (Lipinski definition) is 0. The molecule has 0 aliphatic carbocycles. The van der Waals surface area contributed by atoms with Gasteiger partial charge in [-0.15, -0.1) is 0 Å². The van der Waals surface area contributed by atoms with Crippen molar-refractivity contribution >= 4 is 23.2 Å². The molecular weight excluding hydrogens is 346 g/mol. The zero-order valence-corrected chi connectivity index (χ0v) is 16.9. The average molecular weight is 378 g/mol. The summed E-state index contributed by atoms with van der Waals surface area (Å²) < 4.78 is 0. The first-order chi connectivity index (χ1) is 12.5. The molecule has 5 nitrogen and oxygen atoms in total. The molecule has 0 N–H and O–H groups in total. The number of likely N-dealkylation sites (tertiary alicyclic amines) is 2. The minimum absolute atomic E-state index is 0.108. The van der Waals surface area contributed by atoms with E-state index >= 15 is 0 Å². The Labute approximate surface area is 161 Å². The van der Waals surface area contributed by atoms with Crippen LogP contribution in [0.3, 0.4) is 0 Å². The van der Waals surface area contributed by atoms with Crippen molar-refractivity contribution in [2.75, 3.05) is 46.8 Å². The lowest BCUT2D eigenvalue weighted by Crippen LogP contribution is -2.55. The summed E-state index contributed by atoms with van der Waals surface area (Å²) in [5.74, 6) is 0.547. The van der Waals surface area contributed by atoms with Crippen molar-refractivity contribution in [1.29, 1.82) is 0 Å². The molecule has 6 heteroatoms. The van der Waals surface area contributed by atoms with Gasteiger partial charge in [0.1, 0.15) is 0 Å². The maximum Gasteiger partial charge on any atom is 0.222 e. The average Bonchev–Trinajstić information content (AvgIpc) is 3.14. The van der Waals surface area contributed by atoms with Crippen LogP contribution in [0.25, 0.3) is 0 Å². The molecule has 3 rings (SSSR count). The van der Waals surface area contributed by atoms with Gasteiger partial charge in [-0.3, -0.25) is 9.59 Å². The van der Waals surface area contributed by atoms with Crippen LogP contribution in [0.1, 0.15) is 37.7 Å². The zero-order chi connectivity index (χ0) is 18.6. The van der Waals surface area contributed by atoms with E-state index in [0.717, 1.165) is 58.4 Å². The molecule has 1 atom stereocenters. The lowest BCUT2D eigenvalue weighted by Gasteiger charge is -2.48. The second kappa shape index (κ2) is 8.53. The molecule has 3 heterocycles. The summed E-state index contributed by atoms with van der Waals surface area (Å²) in [6.07, 6.45) is 5.17. The highest BCUT2D eigenvalue weighted by Gasteiger charge is 2.42. The highest BCUT2D eigenvalue weighted by molar-refractivity contribution is 7.07. The Hall–Kier alpha value is -1.40. The third-order valence-corrected chi connectivity index (χ3v) is 6.52. The third-order valence-electron chi connectivity index (χ3n) is 5.79. The fourth-order valence-corrected chi connectivity index (χ4v) is 4.93. The first-order valence-electron chi connectivity index (χ1n) is 9.69. The largest absolute Gasteiger partial charge is 0.342 e. The highest BCUT2D eigenvalue weighted by atomic mass is 32.1. The van der Waals surface area contributed by atoms with E-state index < -0.39 is 0 Å². The summed E-state index contributed by atoms with van der Waals surface area (Å²) in [7, 11) is 4.08. The molecule has 2 aliphatic rings. The molecule has 144 valence electrons. The van der Waals surface area contributed by atoms with Crippen molar-refractivity contribution in [2.45, 2.75) is 38.5 Å². The number of nitrogens with zero attached hydrogens (tertiary/aromatic N) is 3. The molecular formula is C20H31N3O2S. The Kier molecular flexibility index (Phi) is 6.35. The molecule has 26 heavy (non-hydrogen) atoms. The van der Waals surface area contributed by atoms with Crippen LogP contribution < -0.4 is 0 Å². The van der Waals surface area contributed by atoms with Gasteiger partial charge in [0, 0.05) is 51.0 Å². The maximum atomic E-state index is 12.7. The number of thiophene rings is 1. The predicted octanol–water partition coefficient (Wildman–Crippen LogP) is 2.47. The molecule has 1 aromatic rings. The topological polar surface area (TPSA) is 43.9 Å². The normalized spacial score (nSPS) is 23.9. The van der Waals surface area contributed by atoms with E-state index in [4.69, 9.17) is 0 Å². The molecule has 0 unspecified atom stereocenters. The SMILES string of the molecule is CN(C)CCN1C[C@]2(CCCN(C(=O)CCc3ccsc3)C2)CCC1=O. The molecule has 0 aromatic carbocycles. The summed E-state index contributed by atoms with van der Waals surface area (Å²) >= 11 is 1.69. The van der Waals surface area contributed by atoms with Gasteiger partial charge in [-0.1, -0.05) is 0 Å². The van der Waals surface area contributed by atoms with Crippen molar-refractivity contribution in [3.8, 4) is 0 Å². The number of piperidine rings is 2. The number of carbonyl (C=O) groups is 2. The monoisotopic (exact) mass is 377 g/mol. The van der Waals surface area contributed by atoms with Crippen molar-refractivity contribution < 1.29 is 9.59 Å². The van der Waals surface area contributed by atoms with Crippen LogP contribution in [0, 0.1) is 5.41 Å².